The summed E-state index contributed by atoms with van der Waals surface area (Å²) in [6.07, 6.45) is 0. The van der Waals surface area contributed by atoms with Crippen LogP contribution in [0, 0.1) is 0 Å². The summed E-state index contributed by atoms with van der Waals surface area (Å²) >= 11 is 3.53. The summed E-state index contributed by atoms with van der Waals surface area (Å²) in [5, 5.41) is 0. The maximum absolute atomic E-state index is 12.5. The number of amides is 1. The molecular formula is C19H21BrN2O2. The van der Waals surface area contributed by atoms with Crippen LogP contribution in [0.2, 0.25) is 0 Å². The zero-order chi connectivity index (χ0) is 16.9. The molecular weight excluding hydrogens is 368 g/mol. The molecule has 126 valence electrons. The molecule has 0 N–H and O–H groups in total. The van der Waals surface area contributed by atoms with Crippen LogP contribution in [0.3, 0.4) is 0 Å². The van der Waals surface area contributed by atoms with E-state index >= 15 is 0 Å². The third-order valence-corrected chi connectivity index (χ3v) is 4.92. The Balaban J connectivity index is 1.55. The molecule has 0 aromatic heterocycles. The van der Waals surface area contributed by atoms with E-state index in [1.54, 1.807) is 7.11 Å². The summed E-state index contributed by atoms with van der Waals surface area (Å²) in [6, 6.07) is 15.7. The highest BCUT2D eigenvalue weighted by molar-refractivity contribution is 9.10. The molecule has 2 aromatic rings. The summed E-state index contributed by atoms with van der Waals surface area (Å²) < 4.78 is 6.24. The summed E-state index contributed by atoms with van der Waals surface area (Å²) in [7, 11) is 1.67. The van der Waals surface area contributed by atoms with Crippen LogP contribution in [0.1, 0.15) is 15.9 Å². The average Bonchev–Trinajstić information content (AvgIpc) is 2.63. The molecule has 1 aliphatic rings. The number of hydrogen-bond donors (Lipinski definition) is 0. The highest BCUT2D eigenvalue weighted by Gasteiger charge is 2.22. The van der Waals surface area contributed by atoms with Gasteiger partial charge in [-0.2, -0.15) is 0 Å². The molecule has 4 nitrogen and oxygen atoms in total. The van der Waals surface area contributed by atoms with E-state index in [9.17, 15) is 4.79 Å². The van der Waals surface area contributed by atoms with Crippen molar-refractivity contribution in [3.05, 3.63) is 64.1 Å². The van der Waals surface area contributed by atoms with Gasteiger partial charge in [0.1, 0.15) is 5.75 Å². The lowest BCUT2D eigenvalue weighted by Crippen LogP contribution is -2.48. The van der Waals surface area contributed by atoms with Crippen LogP contribution in [0.15, 0.2) is 53.0 Å². The normalized spacial score (nSPS) is 15.3. The number of hydrogen-bond acceptors (Lipinski definition) is 3. The Morgan fingerprint density at radius 2 is 1.79 bits per heavy atom. The van der Waals surface area contributed by atoms with Crippen LogP contribution in [-0.2, 0) is 6.54 Å². The number of rotatable bonds is 4. The zero-order valence-corrected chi connectivity index (χ0v) is 15.3. The molecule has 1 aliphatic heterocycles. The third kappa shape index (κ3) is 3.97. The second kappa shape index (κ2) is 7.81. The number of halogens is 1. The molecule has 0 spiro atoms. The van der Waals surface area contributed by atoms with Crippen molar-refractivity contribution in [2.24, 2.45) is 0 Å². The lowest BCUT2D eigenvalue weighted by molar-refractivity contribution is 0.0628. The van der Waals surface area contributed by atoms with Crippen LogP contribution >= 0.6 is 15.9 Å². The van der Waals surface area contributed by atoms with Gasteiger partial charge in [-0.15, -0.1) is 0 Å². The molecule has 24 heavy (non-hydrogen) atoms. The highest BCUT2D eigenvalue weighted by Crippen LogP contribution is 2.26. The molecule has 0 aliphatic carbocycles. The molecule has 0 atom stereocenters. The van der Waals surface area contributed by atoms with E-state index in [4.69, 9.17) is 4.74 Å². The van der Waals surface area contributed by atoms with Crippen LogP contribution in [0.25, 0.3) is 0 Å². The molecule has 5 heteroatoms. The maximum atomic E-state index is 12.5. The number of nitrogens with zero attached hydrogens (tertiary/aromatic N) is 2. The number of carbonyl (C=O) groups is 1. The smallest absolute Gasteiger partial charge is 0.253 e. The Morgan fingerprint density at radius 3 is 2.42 bits per heavy atom. The SMILES string of the molecule is COc1ccc(CN2CCN(C(=O)c3ccccc3)CC2)cc1Br. The molecule has 1 heterocycles. The molecule has 3 rings (SSSR count). The molecule has 0 unspecified atom stereocenters. The molecule has 0 radical (unpaired) electrons. The Morgan fingerprint density at radius 1 is 1.08 bits per heavy atom. The van der Waals surface area contributed by atoms with Gasteiger partial charge in [-0.3, -0.25) is 9.69 Å². The Bertz CT molecular complexity index is 698. The van der Waals surface area contributed by atoms with Gasteiger partial charge in [-0.25, -0.2) is 0 Å². The van der Waals surface area contributed by atoms with E-state index in [0.717, 1.165) is 48.5 Å². The fourth-order valence-corrected chi connectivity index (χ4v) is 3.53. The van der Waals surface area contributed by atoms with Crippen LogP contribution in [0.4, 0.5) is 0 Å². The highest BCUT2D eigenvalue weighted by atomic mass is 79.9. The van der Waals surface area contributed by atoms with E-state index in [2.05, 4.69) is 33.0 Å². The van der Waals surface area contributed by atoms with Crippen LogP contribution in [-0.4, -0.2) is 49.0 Å². The molecule has 0 bridgehead atoms. The first-order valence-corrected chi connectivity index (χ1v) is 8.86. The van der Waals surface area contributed by atoms with Crippen molar-refractivity contribution in [2.45, 2.75) is 6.54 Å². The molecule has 0 saturated carbocycles. The first-order valence-electron chi connectivity index (χ1n) is 8.06. The second-order valence-electron chi connectivity index (χ2n) is 5.90. The number of ether oxygens (including phenoxy) is 1. The van der Waals surface area contributed by atoms with E-state index < -0.39 is 0 Å². The minimum atomic E-state index is 0.127. The van der Waals surface area contributed by atoms with Crippen molar-refractivity contribution in [3.63, 3.8) is 0 Å². The van der Waals surface area contributed by atoms with Crippen molar-refractivity contribution in [2.75, 3.05) is 33.3 Å². The number of carbonyl (C=O) groups excluding carboxylic acids is 1. The lowest BCUT2D eigenvalue weighted by atomic mass is 10.1. The van der Waals surface area contributed by atoms with Crippen molar-refractivity contribution in [3.8, 4) is 5.75 Å². The number of benzene rings is 2. The topological polar surface area (TPSA) is 32.8 Å². The molecule has 1 amide bonds. The Kier molecular flexibility index (Phi) is 5.53. The standard InChI is InChI=1S/C19H21BrN2O2/c1-24-18-8-7-15(13-17(18)20)14-21-9-11-22(12-10-21)19(23)16-5-3-2-4-6-16/h2-8,13H,9-12,14H2,1H3. The first-order chi connectivity index (χ1) is 11.7. The van der Waals surface area contributed by atoms with Gasteiger partial charge in [0.25, 0.3) is 5.91 Å². The predicted molar refractivity (Wildman–Crippen MR) is 98.3 cm³/mol. The lowest BCUT2D eigenvalue weighted by Gasteiger charge is -2.34. The van der Waals surface area contributed by atoms with Crippen LogP contribution < -0.4 is 4.74 Å². The minimum Gasteiger partial charge on any atom is -0.496 e. The second-order valence-corrected chi connectivity index (χ2v) is 6.76. The van der Waals surface area contributed by atoms with Gasteiger partial charge in [-0.1, -0.05) is 24.3 Å². The summed E-state index contributed by atoms with van der Waals surface area (Å²) in [5.41, 5.74) is 2.01. The Labute approximate surface area is 151 Å². The van der Waals surface area contributed by atoms with Crippen molar-refractivity contribution in [1.82, 2.24) is 9.80 Å². The van der Waals surface area contributed by atoms with E-state index in [1.807, 2.05) is 41.3 Å². The van der Waals surface area contributed by atoms with E-state index in [-0.39, 0.29) is 5.91 Å². The van der Waals surface area contributed by atoms with Gasteiger partial charge in [0.15, 0.2) is 0 Å². The molecule has 2 aromatic carbocycles. The van der Waals surface area contributed by atoms with E-state index in [0.29, 0.717) is 0 Å². The largest absolute Gasteiger partial charge is 0.496 e. The quantitative estimate of drug-likeness (QED) is 0.804. The van der Waals surface area contributed by atoms with Crippen molar-refractivity contribution < 1.29 is 9.53 Å². The number of methoxy groups -OCH3 is 1. The van der Waals surface area contributed by atoms with Gasteiger partial charge < -0.3 is 9.64 Å². The summed E-state index contributed by atoms with van der Waals surface area (Å²) in [6.45, 7) is 4.20. The zero-order valence-electron chi connectivity index (χ0n) is 13.7. The van der Waals surface area contributed by atoms with Crippen molar-refractivity contribution in [1.29, 1.82) is 0 Å². The van der Waals surface area contributed by atoms with E-state index in [1.165, 1.54) is 5.56 Å². The summed E-state index contributed by atoms with van der Waals surface area (Å²) in [4.78, 5) is 16.8. The fraction of sp³-hybridized carbons (Fsp3) is 0.316. The number of piperazine rings is 1. The third-order valence-electron chi connectivity index (χ3n) is 4.30. The monoisotopic (exact) mass is 388 g/mol. The molecule has 1 fully saturated rings. The minimum absolute atomic E-state index is 0.127. The van der Waals surface area contributed by atoms with Gasteiger partial charge in [0, 0.05) is 38.3 Å². The van der Waals surface area contributed by atoms with Gasteiger partial charge >= 0.3 is 0 Å². The summed E-state index contributed by atoms with van der Waals surface area (Å²) in [5.74, 6) is 0.972. The van der Waals surface area contributed by atoms with Gasteiger partial charge in [0.2, 0.25) is 0 Å². The predicted octanol–water partition coefficient (Wildman–Crippen LogP) is 3.42. The average molecular weight is 389 g/mol. The maximum Gasteiger partial charge on any atom is 0.253 e. The van der Waals surface area contributed by atoms with Gasteiger partial charge in [0.05, 0.1) is 11.6 Å². The van der Waals surface area contributed by atoms with Crippen LogP contribution in [0.5, 0.6) is 5.75 Å². The Hall–Kier alpha value is -1.85. The van der Waals surface area contributed by atoms with Gasteiger partial charge in [-0.05, 0) is 45.8 Å². The first kappa shape index (κ1) is 17.0. The molecule has 1 saturated heterocycles. The fourth-order valence-electron chi connectivity index (χ4n) is 2.94. The van der Waals surface area contributed by atoms with Crippen molar-refractivity contribution >= 4 is 21.8 Å².